The van der Waals surface area contributed by atoms with Crippen molar-refractivity contribution in [1.29, 1.82) is 0 Å². The molecule has 0 atom stereocenters. The Morgan fingerprint density at radius 1 is 1.19 bits per heavy atom. The third-order valence-corrected chi connectivity index (χ3v) is 6.77. The molecule has 3 aromatic rings. The van der Waals surface area contributed by atoms with Gasteiger partial charge in [0, 0.05) is 5.56 Å². The summed E-state index contributed by atoms with van der Waals surface area (Å²) in [6.45, 7) is 1.67. The van der Waals surface area contributed by atoms with E-state index in [0.29, 0.717) is 6.42 Å². The van der Waals surface area contributed by atoms with Crippen LogP contribution in [0.2, 0.25) is 5.02 Å². The molecule has 0 aliphatic rings. The molecule has 1 aromatic heterocycles. The largest absolute Gasteiger partial charge is 0.495 e. The predicted molar refractivity (Wildman–Crippen MR) is 115 cm³/mol. The van der Waals surface area contributed by atoms with E-state index in [-0.39, 0.29) is 44.6 Å². The van der Waals surface area contributed by atoms with E-state index in [1.54, 1.807) is 6.92 Å². The summed E-state index contributed by atoms with van der Waals surface area (Å²) >= 11 is 6.27. The first-order valence-corrected chi connectivity index (χ1v) is 11.2. The van der Waals surface area contributed by atoms with Crippen LogP contribution < -0.4 is 16.2 Å². The number of ether oxygens (including phenoxy) is 1. The number of halogens is 4. The van der Waals surface area contributed by atoms with Crippen LogP contribution in [0.1, 0.15) is 18.9 Å². The quantitative estimate of drug-likeness (QED) is 0.536. The molecule has 4 N–H and O–H groups in total. The molecule has 13 heteroatoms. The van der Waals surface area contributed by atoms with Crippen molar-refractivity contribution in [1.82, 2.24) is 14.8 Å². The molecule has 32 heavy (non-hydrogen) atoms. The first-order chi connectivity index (χ1) is 14.9. The van der Waals surface area contributed by atoms with Gasteiger partial charge in [0.2, 0.25) is 11.9 Å². The number of methoxy groups -OCH3 is 1. The number of nitrogens with zero attached hydrogens (tertiary/aromatic N) is 3. The molecule has 2 aromatic carbocycles. The first-order valence-electron chi connectivity index (χ1n) is 9.19. The summed E-state index contributed by atoms with van der Waals surface area (Å²) in [5.41, 5.74) is 9.46. The van der Waals surface area contributed by atoms with Crippen LogP contribution >= 0.6 is 11.6 Å². The number of hydrogen-bond acceptors (Lipinski definition) is 7. The van der Waals surface area contributed by atoms with Crippen molar-refractivity contribution >= 4 is 33.3 Å². The summed E-state index contributed by atoms with van der Waals surface area (Å²) in [6, 6.07) is 5.72. The maximum absolute atomic E-state index is 14.0. The van der Waals surface area contributed by atoms with Gasteiger partial charge in [-0.1, -0.05) is 24.6 Å². The zero-order valence-electron chi connectivity index (χ0n) is 16.9. The molecule has 0 aliphatic carbocycles. The summed E-state index contributed by atoms with van der Waals surface area (Å²) in [5, 5.41) is 3.47. The highest BCUT2D eigenvalue weighted by Gasteiger charge is 2.36. The molecule has 0 fully saturated rings. The van der Waals surface area contributed by atoms with E-state index in [4.69, 9.17) is 27.8 Å². The Bertz CT molecular complexity index is 1280. The van der Waals surface area contributed by atoms with E-state index < -0.39 is 27.1 Å². The SMILES string of the molecule is CCCS(=O)(=O)c1cc(-c2c(Cl)cc(-n3nc(N)nc3N)cc2C(F)(F)F)ccc1OC. The lowest BCUT2D eigenvalue weighted by Gasteiger charge is -2.18. The second-order valence-corrected chi connectivity index (χ2v) is 9.26. The highest BCUT2D eigenvalue weighted by Crippen LogP contribution is 2.44. The highest BCUT2D eigenvalue weighted by molar-refractivity contribution is 7.91. The van der Waals surface area contributed by atoms with Crippen LogP contribution in [0.3, 0.4) is 0 Å². The van der Waals surface area contributed by atoms with E-state index in [9.17, 15) is 21.6 Å². The molecule has 0 bridgehead atoms. The summed E-state index contributed by atoms with van der Waals surface area (Å²) in [6.07, 6.45) is -4.51. The third-order valence-electron chi connectivity index (χ3n) is 4.53. The van der Waals surface area contributed by atoms with Gasteiger partial charge in [0.1, 0.15) is 10.6 Å². The number of anilines is 2. The van der Waals surface area contributed by atoms with Crippen molar-refractivity contribution in [3.8, 4) is 22.6 Å². The van der Waals surface area contributed by atoms with Gasteiger partial charge in [0.05, 0.1) is 29.1 Å². The predicted octanol–water partition coefficient (Wildman–Crippen LogP) is 3.96. The number of sulfone groups is 1. The number of hydrogen-bond donors (Lipinski definition) is 2. The first kappa shape index (κ1) is 23.7. The fourth-order valence-electron chi connectivity index (χ4n) is 3.22. The average molecular weight is 490 g/mol. The Balaban J connectivity index is 2.30. The fraction of sp³-hybridized carbons (Fsp3) is 0.263. The molecule has 8 nitrogen and oxygen atoms in total. The van der Waals surface area contributed by atoms with Crippen molar-refractivity contribution < 1.29 is 26.3 Å². The van der Waals surface area contributed by atoms with Gasteiger partial charge >= 0.3 is 6.18 Å². The number of aromatic nitrogens is 3. The van der Waals surface area contributed by atoms with Gasteiger partial charge in [0.15, 0.2) is 9.84 Å². The molecule has 0 saturated heterocycles. The van der Waals surface area contributed by atoms with E-state index in [1.807, 2.05) is 0 Å². The molecule has 0 saturated carbocycles. The Morgan fingerprint density at radius 2 is 1.88 bits per heavy atom. The number of nitrogens with two attached hydrogens (primary N) is 2. The summed E-state index contributed by atoms with van der Waals surface area (Å²) < 4.78 is 73.4. The summed E-state index contributed by atoms with van der Waals surface area (Å²) in [4.78, 5) is 3.45. The van der Waals surface area contributed by atoms with Gasteiger partial charge in [-0.05, 0) is 36.2 Å². The van der Waals surface area contributed by atoms with Crippen LogP contribution in [-0.2, 0) is 16.0 Å². The van der Waals surface area contributed by atoms with Crippen molar-refractivity contribution in [2.24, 2.45) is 0 Å². The molecule has 0 radical (unpaired) electrons. The highest BCUT2D eigenvalue weighted by atomic mass is 35.5. The average Bonchev–Trinajstić information content (AvgIpc) is 3.04. The standard InChI is InChI=1S/C19H19ClF3N5O3S/c1-3-6-32(29,30)15-7-10(4-5-14(15)31-2)16-12(19(21,22)23)8-11(9-13(16)20)28-18(25)26-17(24)27-28/h4-5,7-9H,3,6H2,1-2H3,(H4,24,25,26,27). The van der Waals surface area contributed by atoms with Gasteiger partial charge in [-0.15, -0.1) is 5.10 Å². The van der Waals surface area contributed by atoms with Crippen LogP contribution in [0.5, 0.6) is 5.75 Å². The summed E-state index contributed by atoms with van der Waals surface area (Å²) in [7, 11) is -2.53. The van der Waals surface area contributed by atoms with Gasteiger partial charge < -0.3 is 16.2 Å². The van der Waals surface area contributed by atoms with Crippen LogP contribution in [0.4, 0.5) is 25.1 Å². The molecular formula is C19H19ClF3N5O3S. The smallest absolute Gasteiger partial charge is 0.417 e. The minimum Gasteiger partial charge on any atom is -0.495 e. The topological polar surface area (TPSA) is 126 Å². The van der Waals surface area contributed by atoms with Gasteiger partial charge in [0.25, 0.3) is 0 Å². The van der Waals surface area contributed by atoms with Crippen molar-refractivity contribution in [2.45, 2.75) is 24.4 Å². The second-order valence-electron chi connectivity index (χ2n) is 6.77. The lowest BCUT2D eigenvalue weighted by atomic mass is 9.98. The maximum Gasteiger partial charge on any atom is 0.417 e. The number of rotatable bonds is 6. The molecule has 0 amide bonds. The molecule has 3 rings (SSSR count). The minimum atomic E-state index is -4.84. The van der Waals surface area contributed by atoms with Gasteiger partial charge in [-0.25, -0.2) is 8.42 Å². The molecular weight excluding hydrogens is 471 g/mol. The molecule has 0 spiro atoms. The fourth-order valence-corrected chi connectivity index (χ4v) is 5.06. The normalized spacial score (nSPS) is 12.2. The third kappa shape index (κ3) is 4.46. The van der Waals surface area contributed by atoms with E-state index >= 15 is 0 Å². The number of benzene rings is 2. The van der Waals surface area contributed by atoms with E-state index in [1.165, 1.54) is 25.3 Å². The van der Waals surface area contributed by atoms with Crippen LogP contribution in [0.25, 0.3) is 16.8 Å². The van der Waals surface area contributed by atoms with Crippen molar-refractivity contribution in [2.75, 3.05) is 24.3 Å². The van der Waals surface area contributed by atoms with Crippen molar-refractivity contribution in [3.63, 3.8) is 0 Å². The van der Waals surface area contributed by atoms with E-state index in [0.717, 1.165) is 16.8 Å². The Morgan fingerprint density at radius 3 is 2.41 bits per heavy atom. The zero-order chi connectivity index (χ0) is 23.8. The Kier molecular flexibility index (Phi) is 6.29. The Labute approximate surface area is 186 Å². The summed E-state index contributed by atoms with van der Waals surface area (Å²) in [5.74, 6) is -0.623. The van der Waals surface area contributed by atoms with Crippen LogP contribution in [-0.4, -0.2) is 36.0 Å². The monoisotopic (exact) mass is 489 g/mol. The van der Waals surface area contributed by atoms with Crippen LogP contribution in [0.15, 0.2) is 35.2 Å². The molecule has 172 valence electrons. The van der Waals surface area contributed by atoms with Gasteiger partial charge in [-0.3, -0.25) is 0 Å². The molecule has 1 heterocycles. The van der Waals surface area contributed by atoms with Crippen molar-refractivity contribution in [3.05, 3.63) is 40.9 Å². The molecule has 0 unspecified atom stereocenters. The second kappa shape index (κ2) is 8.51. The number of nitrogen functional groups attached to an aromatic ring is 2. The zero-order valence-corrected chi connectivity index (χ0v) is 18.5. The maximum atomic E-state index is 14.0. The van der Waals surface area contributed by atoms with Gasteiger partial charge in [-0.2, -0.15) is 22.8 Å². The molecule has 0 aliphatic heterocycles. The minimum absolute atomic E-state index is 0.0226. The lowest BCUT2D eigenvalue weighted by Crippen LogP contribution is -2.12. The van der Waals surface area contributed by atoms with E-state index in [2.05, 4.69) is 10.1 Å². The lowest BCUT2D eigenvalue weighted by molar-refractivity contribution is -0.137. The van der Waals surface area contributed by atoms with Crippen LogP contribution in [0, 0.1) is 0 Å². The Hall–Kier alpha value is -2.99. The number of alkyl halides is 3.